The van der Waals surface area contributed by atoms with Gasteiger partial charge in [-0.05, 0) is 62.9 Å². The Morgan fingerprint density at radius 2 is 1.91 bits per heavy atom. The Bertz CT molecular complexity index is 1890. The number of terminal acetylenes is 1. The van der Waals surface area contributed by atoms with Gasteiger partial charge in [-0.3, -0.25) is 4.98 Å². The summed E-state index contributed by atoms with van der Waals surface area (Å²) in [6, 6.07) is 5.72. The standard InChI is InChI=1S/C35H36F4N6O2/c1-4-23-27(36)9-6-19-12-22(46)13-24(28(19)23)30-29(37)31-25(14-40-30)33(45-15-20-7-8-21(16-45)41-20)43-34(42-31)47-18-35(5-2)17-44(3)11-10-26(35)32(38)39/h1,6,9,12-14,20-21,26,32,41,46H,5,7-8,10-11,15-18H2,2-3H3/t20-,21+,26-,35+/m1/s1. The summed E-state index contributed by atoms with van der Waals surface area (Å²) in [4.78, 5) is 17.8. The number of aromatic nitrogens is 3. The molecule has 2 aromatic carbocycles. The summed E-state index contributed by atoms with van der Waals surface area (Å²) in [6.45, 7) is 4.05. The zero-order chi connectivity index (χ0) is 33.0. The third-order valence-electron chi connectivity index (χ3n) is 10.3. The maximum atomic E-state index is 16.8. The number of alkyl halides is 2. The zero-order valence-corrected chi connectivity index (χ0v) is 26.2. The van der Waals surface area contributed by atoms with Gasteiger partial charge in [0, 0.05) is 60.2 Å². The van der Waals surface area contributed by atoms with Crippen LogP contribution in [-0.2, 0) is 0 Å². The Morgan fingerprint density at radius 1 is 1.15 bits per heavy atom. The van der Waals surface area contributed by atoms with Gasteiger partial charge in [-0.1, -0.05) is 18.9 Å². The second-order valence-corrected chi connectivity index (χ2v) is 13.2. The van der Waals surface area contributed by atoms with Crippen LogP contribution < -0.4 is 15.0 Å². The summed E-state index contributed by atoms with van der Waals surface area (Å²) in [5, 5.41) is 15.1. The summed E-state index contributed by atoms with van der Waals surface area (Å²) in [6.07, 6.45) is 7.42. The van der Waals surface area contributed by atoms with E-state index in [4.69, 9.17) is 16.1 Å². The van der Waals surface area contributed by atoms with Crippen molar-refractivity contribution in [3.8, 4) is 35.4 Å². The molecule has 2 N–H and O–H groups in total. The zero-order valence-electron chi connectivity index (χ0n) is 26.2. The molecule has 8 nitrogen and oxygen atoms in total. The lowest BCUT2D eigenvalue weighted by molar-refractivity contribution is -0.0798. The van der Waals surface area contributed by atoms with Crippen molar-refractivity contribution in [3.63, 3.8) is 0 Å². The number of piperidine rings is 1. The van der Waals surface area contributed by atoms with Crippen molar-refractivity contribution in [2.45, 2.75) is 51.1 Å². The number of phenols is 1. The predicted molar refractivity (Wildman–Crippen MR) is 172 cm³/mol. The van der Waals surface area contributed by atoms with E-state index in [1.54, 1.807) is 0 Å². The van der Waals surface area contributed by atoms with Gasteiger partial charge in [0.1, 0.15) is 28.6 Å². The second-order valence-electron chi connectivity index (χ2n) is 13.2. The molecule has 3 aliphatic rings. The minimum absolute atomic E-state index is 0.0673. The van der Waals surface area contributed by atoms with Gasteiger partial charge in [-0.25, -0.2) is 17.6 Å². The number of aromatic hydroxyl groups is 1. The SMILES string of the molecule is C#Cc1c(F)ccc2cc(O)cc(-c3ncc4c(N5C[C@H]6CC[C@@H](C5)N6)nc(OC[C@]5(CC)CN(C)CC[C@@H]5C(F)F)nc4c3F)c12. The number of ether oxygens (including phenoxy) is 1. The van der Waals surface area contributed by atoms with Crippen molar-refractivity contribution in [2.75, 3.05) is 44.7 Å². The summed E-state index contributed by atoms with van der Waals surface area (Å²) in [7, 11) is 1.90. The molecule has 0 aliphatic carbocycles. The third-order valence-corrected chi connectivity index (χ3v) is 10.3. The Hall–Kier alpha value is -4.21. The molecule has 0 spiro atoms. The molecule has 2 bridgehead atoms. The minimum atomic E-state index is -2.52. The number of nitrogens with zero attached hydrogens (tertiary/aromatic N) is 5. The normalized spacial score (nSPS) is 24.7. The number of fused-ring (bicyclic) bond motifs is 4. The molecule has 3 saturated heterocycles. The number of benzene rings is 2. The van der Waals surface area contributed by atoms with E-state index < -0.39 is 29.4 Å². The number of likely N-dealkylation sites (tertiary alicyclic amines) is 1. The van der Waals surface area contributed by atoms with Gasteiger partial charge in [0.25, 0.3) is 0 Å². The summed E-state index contributed by atoms with van der Waals surface area (Å²) in [5.74, 6) is 0.243. The average Bonchev–Trinajstić information content (AvgIpc) is 3.40. The van der Waals surface area contributed by atoms with Crippen LogP contribution in [0.5, 0.6) is 11.8 Å². The van der Waals surface area contributed by atoms with Crippen molar-refractivity contribution >= 4 is 27.5 Å². The predicted octanol–water partition coefficient (Wildman–Crippen LogP) is 5.74. The van der Waals surface area contributed by atoms with Crippen LogP contribution in [0.2, 0.25) is 0 Å². The van der Waals surface area contributed by atoms with Crippen molar-refractivity contribution in [3.05, 3.63) is 47.7 Å². The summed E-state index contributed by atoms with van der Waals surface area (Å²) >= 11 is 0. The first-order valence-corrected chi connectivity index (χ1v) is 16.0. The first-order valence-electron chi connectivity index (χ1n) is 16.0. The van der Waals surface area contributed by atoms with E-state index >= 15 is 4.39 Å². The Morgan fingerprint density at radius 3 is 2.62 bits per heavy atom. The molecule has 5 heterocycles. The van der Waals surface area contributed by atoms with Gasteiger partial charge in [0.15, 0.2) is 5.82 Å². The van der Waals surface area contributed by atoms with Crippen LogP contribution in [0.25, 0.3) is 32.9 Å². The maximum Gasteiger partial charge on any atom is 0.319 e. The number of pyridine rings is 1. The van der Waals surface area contributed by atoms with Crippen molar-refractivity contribution in [2.24, 2.45) is 11.3 Å². The fourth-order valence-electron chi connectivity index (χ4n) is 7.87. The highest BCUT2D eigenvalue weighted by molar-refractivity contribution is 6.03. The highest BCUT2D eigenvalue weighted by atomic mass is 19.3. The molecule has 12 heteroatoms. The van der Waals surface area contributed by atoms with E-state index in [2.05, 4.69) is 26.1 Å². The van der Waals surface area contributed by atoms with E-state index in [1.165, 1.54) is 30.5 Å². The van der Waals surface area contributed by atoms with Crippen LogP contribution in [0.15, 0.2) is 30.5 Å². The number of piperazine rings is 1. The van der Waals surface area contributed by atoms with Crippen LogP contribution in [0, 0.1) is 35.3 Å². The molecule has 0 radical (unpaired) electrons. The van der Waals surface area contributed by atoms with Crippen LogP contribution in [-0.4, -0.2) is 83.3 Å². The molecule has 4 atom stereocenters. The Balaban J connectivity index is 1.38. The van der Waals surface area contributed by atoms with Gasteiger partial charge >= 0.3 is 6.01 Å². The molecule has 246 valence electrons. The lowest BCUT2D eigenvalue weighted by atomic mass is 9.69. The van der Waals surface area contributed by atoms with Crippen LogP contribution in [0.1, 0.15) is 38.2 Å². The molecule has 3 fully saturated rings. The molecule has 2 aromatic heterocycles. The first kappa shape index (κ1) is 31.4. The number of anilines is 1. The Kier molecular flexibility index (Phi) is 8.09. The quantitative estimate of drug-likeness (QED) is 0.194. The largest absolute Gasteiger partial charge is 0.508 e. The smallest absolute Gasteiger partial charge is 0.319 e. The molecule has 0 unspecified atom stereocenters. The summed E-state index contributed by atoms with van der Waals surface area (Å²) < 4.78 is 66.4. The lowest BCUT2D eigenvalue weighted by Gasteiger charge is -2.46. The van der Waals surface area contributed by atoms with Gasteiger partial charge in [0.2, 0.25) is 6.43 Å². The maximum absolute atomic E-state index is 16.8. The van der Waals surface area contributed by atoms with Crippen molar-refractivity contribution < 1.29 is 27.4 Å². The van der Waals surface area contributed by atoms with Gasteiger partial charge < -0.3 is 25.0 Å². The lowest BCUT2D eigenvalue weighted by Crippen LogP contribution is -2.52. The van der Waals surface area contributed by atoms with E-state index in [9.17, 15) is 18.3 Å². The van der Waals surface area contributed by atoms with Gasteiger partial charge in [-0.15, -0.1) is 6.42 Å². The number of phenolic OH excluding ortho intramolecular Hbond substituents is 1. The number of nitrogens with one attached hydrogen (secondary N) is 1. The number of halogens is 4. The molecule has 0 amide bonds. The van der Waals surface area contributed by atoms with Gasteiger partial charge in [0.05, 0.1) is 17.6 Å². The number of hydrogen-bond donors (Lipinski definition) is 2. The fraction of sp³-hybridized carbons (Fsp3) is 0.457. The second kappa shape index (κ2) is 12.1. The molecule has 3 aliphatic heterocycles. The number of hydrogen-bond acceptors (Lipinski definition) is 8. The van der Waals surface area contributed by atoms with Crippen LogP contribution in [0.3, 0.4) is 0 Å². The van der Waals surface area contributed by atoms with E-state index in [0.29, 0.717) is 55.6 Å². The molecule has 47 heavy (non-hydrogen) atoms. The molecular formula is C35H36F4N6O2. The number of rotatable bonds is 7. The highest BCUT2D eigenvalue weighted by Gasteiger charge is 2.47. The monoisotopic (exact) mass is 648 g/mol. The van der Waals surface area contributed by atoms with Crippen LogP contribution in [0.4, 0.5) is 23.4 Å². The molecule has 0 saturated carbocycles. The first-order chi connectivity index (χ1) is 22.6. The van der Waals surface area contributed by atoms with Gasteiger partial charge in [-0.2, -0.15) is 9.97 Å². The van der Waals surface area contributed by atoms with Crippen LogP contribution >= 0.6 is 0 Å². The third kappa shape index (κ3) is 5.49. The molecular weight excluding hydrogens is 612 g/mol. The van der Waals surface area contributed by atoms with E-state index in [-0.39, 0.29) is 58.2 Å². The molecule has 7 rings (SSSR count). The van der Waals surface area contributed by atoms with Crippen molar-refractivity contribution in [1.29, 1.82) is 0 Å². The fourth-order valence-corrected chi connectivity index (χ4v) is 7.87. The Labute approximate surface area is 270 Å². The molecule has 4 aromatic rings. The topological polar surface area (TPSA) is 86.6 Å². The van der Waals surface area contributed by atoms with E-state index in [0.717, 1.165) is 12.8 Å². The van der Waals surface area contributed by atoms with E-state index in [1.807, 2.05) is 18.9 Å². The summed E-state index contributed by atoms with van der Waals surface area (Å²) in [5.41, 5.74) is -1.12. The van der Waals surface area contributed by atoms with Crippen molar-refractivity contribution in [1.82, 2.24) is 25.2 Å². The highest BCUT2D eigenvalue weighted by Crippen LogP contribution is 2.43. The minimum Gasteiger partial charge on any atom is -0.508 e. The average molecular weight is 649 g/mol.